The third kappa shape index (κ3) is 11.1. The van der Waals surface area contributed by atoms with E-state index in [2.05, 4.69) is 20.0 Å². The van der Waals surface area contributed by atoms with Gasteiger partial charge in [0.25, 0.3) is 5.91 Å². The molecule has 12 nitrogen and oxygen atoms in total. The Kier molecular flexibility index (Phi) is 16.9. The fraction of sp³-hybridized carbons (Fsp3) is 0.310. The van der Waals surface area contributed by atoms with Crippen LogP contribution < -0.4 is 9.62 Å². The summed E-state index contributed by atoms with van der Waals surface area (Å²) in [5.41, 5.74) is 4.30. The monoisotopic (exact) mass is 788 g/mol. The molecule has 0 fully saturated rings. The van der Waals surface area contributed by atoms with Crippen LogP contribution in [0.15, 0.2) is 87.8 Å². The van der Waals surface area contributed by atoms with Crippen molar-refractivity contribution in [1.29, 1.82) is 0 Å². The smallest absolute Gasteiger partial charge is 0.305 e. The van der Waals surface area contributed by atoms with Crippen LogP contribution in [0.1, 0.15) is 64.7 Å². The summed E-state index contributed by atoms with van der Waals surface area (Å²) >= 11 is 0. The van der Waals surface area contributed by atoms with E-state index < -0.39 is 28.7 Å². The van der Waals surface area contributed by atoms with Gasteiger partial charge in [-0.15, -0.1) is 0 Å². The molecule has 14 heteroatoms. The Labute approximate surface area is 328 Å². The van der Waals surface area contributed by atoms with Gasteiger partial charge in [-0.3, -0.25) is 18.7 Å². The number of carbonyl (C=O) groups excluding carboxylic acids is 2. The van der Waals surface area contributed by atoms with Gasteiger partial charge in [-0.2, -0.15) is 4.98 Å². The number of hydrogen-bond acceptors (Lipinski definition) is 9. The molecule has 0 saturated carbocycles. The quantitative estimate of drug-likeness (QED) is 0.121. The van der Waals surface area contributed by atoms with Gasteiger partial charge in [0.2, 0.25) is 5.89 Å². The van der Waals surface area contributed by atoms with Crippen molar-refractivity contribution in [2.24, 2.45) is 5.92 Å². The van der Waals surface area contributed by atoms with Crippen LogP contribution in [0, 0.1) is 11.7 Å². The minimum atomic E-state index is -1.63. The molecule has 1 atom stereocenters. The van der Waals surface area contributed by atoms with E-state index in [9.17, 15) is 28.1 Å². The number of rotatable bonds is 11. The Morgan fingerprint density at radius 1 is 0.929 bits per heavy atom. The van der Waals surface area contributed by atoms with Gasteiger partial charge in [-0.05, 0) is 66.1 Å². The van der Waals surface area contributed by atoms with E-state index in [1.807, 2.05) is 65.8 Å². The van der Waals surface area contributed by atoms with Gasteiger partial charge >= 0.3 is 11.9 Å². The van der Waals surface area contributed by atoms with Gasteiger partial charge in [0.1, 0.15) is 28.1 Å². The second-order valence-electron chi connectivity index (χ2n) is 12.0. The largest absolute Gasteiger partial charge is 0.481 e. The number of halogens is 1. The molecule has 3 aromatic carbocycles. The second-order valence-corrected chi connectivity index (χ2v) is 13.3. The standard InChI is InChI=1S/C32H25FN4O6S.C6H12O2.2C2H6/c1-34-31(40)28-23-16-22(19-5-3-6-20(15-19)32-36-30-25(43-32)7-4-13-35-30)24(37(44(2)41)14-12-27(38)39)17-26(23)42-29(28)18-8-10-21(33)11-9-18;1-5(2)4-6(7)8-3;2*1-2/h3-11,13,15-17H,12,14H2,1-2H3,(H,34,40)(H,38,39);5H,4H2,1-3H3;2*1-2H3. The molecule has 2 N–H and O–H groups in total. The minimum absolute atomic E-state index is 0.0543. The molecule has 0 bridgehead atoms. The highest BCUT2D eigenvalue weighted by molar-refractivity contribution is 7.85. The molecule has 298 valence electrons. The minimum Gasteiger partial charge on any atom is -0.481 e. The van der Waals surface area contributed by atoms with Crippen LogP contribution in [0.4, 0.5) is 10.1 Å². The number of esters is 1. The van der Waals surface area contributed by atoms with Crippen molar-refractivity contribution in [3.63, 3.8) is 0 Å². The SMILES string of the molecule is CC.CC.CNC(=O)c1c(-c2ccc(F)cc2)oc2cc(N(CCC(=O)O)S(C)=O)c(-c3cccc(-c4nc5ncccc5o4)c3)cc12.COC(=O)CC(C)C. The van der Waals surface area contributed by atoms with E-state index in [4.69, 9.17) is 8.83 Å². The lowest BCUT2D eigenvalue weighted by Crippen LogP contribution is -2.28. The zero-order chi connectivity index (χ0) is 41.5. The number of methoxy groups -OCH3 is 1. The summed E-state index contributed by atoms with van der Waals surface area (Å²) in [6, 6.07) is 19.8. The number of carbonyl (C=O) groups is 3. The number of furan rings is 1. The number of fused-ring (bicyclic) bond motifs is 2. The molecule has 0 radical (unpaired) electrons. The highest BCUT2D eigenvalue weighted by Crippen LogP contribution is 2.42. The van der Waals surface area contributed by atoms with E-state index in [1.54, 1.807) is 30.5 Å². The predicted molar refractivity (Wildman–Crippen MR) is 219 cm³/mol. The maximum absolute atomic E-state index is 13.7. The second kappa shape index (κ2) is 21.3. The maximum Gasteiger partial charge on any atom is 0.305 e. The molecular formula is C42H49FN4O8S. The first kappa shape index (κ1) is 44.5. The molecular weight excluding hydrogens is 740 g/mol. The van der Waals surface area contributed by atoms with E-state index in [0.29, 0.717) is 68.4 Å². The van der Waals surface area contributed by atoms with E-state index in [0.717, 1.165) is 0 Å². The van der Waals surface area contributed by atoms with E-state index in [1.165, 1.54) is 49.0 Å². The fourth-order valence-electron chi connectivity index (χ4n) is 5.44. The summed E-state index contributed by atoms with van der Waals surface area (Å²) in [6.45, 7) is 11.9. The normalized spacial score (nSPS) is 11.0. The number of benzene rings is 3. The van der Waals surface area contributed by atoms with E-state index in [-0.39, 0.29) is 30.3 Å². The van der Waals surface area contributed by atoms with Crippen molar-refractivity contribution < 1.29 is 41.7 Å². The molecule has 0 aliphatic heterocycles. The third-order valence-corrected chi connectivity index (χ3v) is 8.86. The molecule has 6 rings (SSSR count). The maximum atomic E-state index is 13.7. The van der Waals surface area contributed by atoms with Crippen molar-refractivity contribution >= 4 is 56.7 Å². The molecule has 0 aliphatic carbocycles. The Morgan fingerprint density at radius 3 is 2.18 bits per heavy atom. The molecule has 56 heavy (non-hydrogen) atoms. The lowest BCUT2D eigenvalue weighted by molar-refractivity contribution is -0.141. The van der Waals surface area contributed by atoms with E-state index >= 15 is 0 Å². The number of carboxylic acid groups (broad SMARTS) is 1. The average molecular weight is 789 g/mol. The van der Waals surface area contributed by atoms with Gasteiger partial charge in [0.15, 0.2) is 11.2 Å². The van der Waals surface area contributed by atoms with Crippen LogP contribution in [0.3, 0.4) is 0 Å². The zero-order valence-electron chi connectivity index (χ0n) is 33.1. The topological polar surface area (TPSA) is 165 Å². The van der Waals surface area contributed by atoms with Crippen LogP contribution in [0.5, 0.6) is 0 Å². The van der Waals surface area contributed by atoms with Crippen molar-refractivity contribution in [2.75, 3.05) is 31.3 Å². The van der Waals surface area contributed by atoms with Crippen LogP contribution in [0.25, 0.3) is 56.1 Å². The number of aliphatic carboxylic acids is 1. The zero-order valence-corrected chi connectivity index (χ0v) is 34.0. The highest BCUT2D eigenvalue weighted by atomic mass is 32.2. The number of anilines is 1. The lowest BCUT2D eigenvalue weighted by atomic mass is 9.97. The first-order chi connectivity index (χ1) is 26.9. The molecule has 3 aromatic heterocycles. The molecule has 0 spiro atoms. The molecule has 6 aromatic rings. The molecule has 3 heterocycles. The summed E-state index contributed by atoms with van der Waals surface area (Å²) in [5.74, 6) is -1.06. The number of oxazole rings is 1. The summed E-state index contributed by atoms with van der Waals surface area (Å²) in [7, 11) is 1.28. The summed E-state index contributed by atoms with van der Waals surface area (Å²) < 4.78 is 44.8. The Bertz CT molecular complexity index is 2230. The number of nitrogens with zero attached hydrogens (tertiary/aromatic N) is 3. The number of aromatic nitrogens is 2. The van der Waals surface area contributed by atoms with Crippen LogP contribution in [-0.4, -0.2) is 64.1 Å². The predicted octanol–water partition coefficient (Wildman–Crippen LogP) is 9.30. The van der Waals surface area contributed by atoms with Crippen molar-refractivity contribution in [3.8, 4) is 33.9 Å². The van der Waals surface area contributed by atoms with Crippen LogP contribution in [0.2, 0.25) is 0 Å². The number of amides is 1. The first-order valence-corrected chi connectivity index (χ1v) is 19.7. The van der Waals surface area contributed by atoms with Gasteiger partial charge in [0, 0.05) is 60.6 Å². The van der Waals surface area contributed by atoms with Gasteiger partial charge in [0.05, 0.1) is 24.8 Å². The van der Waals surface area contributed by atoms with Crippen molar-refractivity contribution in [3.05, 3.63) is 90.4 Å². The first-order valence-electron chi connectivity index (χ1n) is 18.2. The molecule has 1 amide bonds. The molecule has 0 saturated heterocycles. The lowest BCUT2D eigenvalue weighted by Gasteiger charge is -2.24. The number of hydrogen-bond donors (Lipinski definition) is 2. The molecule has 0 aliphatic rings. The Morgan fingerprint density at radius 2 is 1.61 bits per heavy atom. The highest BCUT2D eigenvalue weighted by Gasteiger charge is 2.26. The third-order valence-electron chi connectivity index (χ3n) is 7.86. The molecule has 1 unspecified atom stereocenters. The number of pyridine rings is 1. The Hall–Kier alpha value is -5.89. The van der Waals surface area contributed by atoms with Gasteiger partial charge < -0.3 is 24.0 Å². The van der Waals surface area contributed by atoms with Gasteiger partial charge in [-0.1, -0.05) is 53.7 Å². The van der Waals surface area contributed by atoms with Crippen LogP contribution >= 0.6 is 0 Å². The average Bonchev–Trinajstić information content (AvgIpc) is 3.81. The van der Waals surface area contributed by atoms with Crippen molar-refractivity contribution in [2.45, 2.75) is 54.4 Å². The summed E-state index contributed by atoms with van der Waals surface area (Å²) in [6.07, 6.45) is 3.34. The number of nitrogens with one attached hydrogen (secondary N) is 1. The summed E-state index contributed by atoms with van der Waals surface area (Å²) in [4.78, 5) is 43.9. The number of ether oxygens (including phenoxy) is 1. The number of carboxylic acids is 1. The Balaban J connectivity index is 0.000000619. The fourth-order valence-corrected chi connectivity index (χ4v) is 6.21. The van der Waals surface area contributed by atoms with Gasteiger partial charge in [-0.25, -0.2) is 13.6 Å². The summed E-state index contributed by atoms with van der Waals surface area (Å²) in [5, 5.41) is 12.5. The van der Waals surface area contributed by atoms with Crippen molar-refractivity contribution in [1.82, 2.24) is 15.3 Å². The van der Waals surface area contributed by atoms with Crippen LogP contribution in [-0.2, 0) is 25.3 Å².